The van der Waals surface area contributed by atoms with E-state index in [1.165, 1.54) is 58.3 Å². The lowest BCUT2D eigenvalue weighted by atomic mass is 9.70. The number of rotatable bonds is 6. The molecule has 2 aliphatic rings. The number of likely N-dealkylation sites (tertiary alicyclic amines) is 1. The van der Waals surface area contributed by atoms with E-state index in [-0.39, 0.29) is 0 Å². The highest BCUT2D eigenvalue weighted by Gasteiger charge is 2.39. The molecule has 2 atom stereocenters. The van der Waals surface area contributed by atoms with Crippen molar-refractivity contribution in [3.05, 3.63) is 0 Å². The van der Waals surface area contributed by atoms with Crippen molar-refractivity contribution in [3.8, 4) is 0 Å². The summed E-state index contributed by atoms with van der Waals surface area (Å²) in [5.41, 5.74) is 0.431. The van der Waals surface area contributed by atoms with Crippen molar-refractivity contribution in [1.29, 1.82) is 0 Å². The summed E-state index contributed by atoms with van der Waals surface area (Å²) in [5.74, 6) is 0. The zero-order valence-corrected chi connectivity index (χ0v) is 14.1. The number of hydrogen-bond donors (Lipinski definition) is 1. The van der Waals surface area contributed by atoms with E-state index in [1.807, 2.05) is 0 Å². The highest BCUT2D eigenvalue weighted by atomic mass is 15.2. The summed E-state index contributed by atoms with van der Waals surface area (Å²) in [7, 11) is 2.34. The summed E-state index contributed by atoms with van der Waals surface area (Å²) in [6, 6.07) is 1.35. The van der Waals surface area contributed by atoms with Gasteiger partial charge in [-0.15, -0.1) is 0 Å². The molecule has 3 heteroatoms. The second kappa shape index (κ2) is 7.24. The second-order valence-corrected chi connectivity index (χ2v) is 7.51. The summed E-state index contributed by atoms with van der Waals surface area (Å²) in [5, 5.41) is 3.78. The van der Waals surface area contributed by atoms with Gasteiger partial charge in [0.15, 0.2) is 0 Å². The molecule has 20 heavy (non-hydrogen) atoms. The van der Waals surface area contributed by atoms with Crippen LogP contribution in [0.25, 0.3) is 0 Å². The first-order chi connectivity index (χ1) is 9.54. The normalized spacial score (nSPS) is 31.1. The van der Waals surface area contributed by atoms with E-state index in [4.69, 9.17) is 0 Å². The maximum atomic E-state index is 3.78. The number of nitrogens with one attached hydrogen (secondary N) is 1. The Labute approximate surface area is 126 Å². The summed E-state index contributed by atoms with van der Waals surface area (Å²) in [4.78, 5) is 5.26. The van der Waals surface area contributed by atoms with E-state index in [9.17, 15) is 0 Å². The molecule has 1 aliphatic heterocycles. The molecule has 0 amide bonds. The van der Waals surface area contributed by atoms with Gasteiger partial charge in [-0.1, -0.05) is 27.2 Å². The summed E-state index contributed by atoms with van der Waals surface area (Å²) >= 11 is 0. The molecule has 2 rings (SSSR count). The number of nitrogens with zero attached hydrogens (tertiary/aromatic N) is 2. The Kier molecular flexibility index (Phi) is 5.88. The van der Waals surface area contributed by atoms with Crippen LogP contribution in [0.1, 0.15) is 52.9 Å². The number of hydrogen-bond acceptors (Lipinski definition) is 3. The van der Waals surface area contributed by atoms with Gasteiger partial charge in [0.25, 0.3) is 0 Å². The molecule has 2 unspecified atom stereocenters. The first kappa shape index (κ1) is 16.3. The fourth-order valence-corrected chi connectivity index (χ4v) is 4.19. The van der Waals surface area contributed by atoms with Crippen LogP contribution in [0.4, 0.5) is 0 Å². The van der Waals surface area contributed by atoms with Gasteiger partial charge >= 0.3 is 0 Å². The van der Waals surface area contributed by atoms with Gasteiger partial charge in [0.05, 0.1) is 0 Å². The first-order valence-corrected chi connectivity index (χ1v) is 8.70. The molecule has 0 bridgehead atoms. The van der Waals surface area contributed by atoms with E-state index in [0.717, 1.165) is 6.54 Å². The Morgan fingerprint density at radius 1 is 1.20 bits per heavy atom. The zero-order chi connectivity index (χ0) is 14.6. The van der Waals surface area contributed by atoms with E-state index in [2.05, 4.69) is 42.9 Å². The Bertz CT molecular complexity index is 284. The minimum Gasteiger partial charge on any atom is -0.312 e. The minimum absolute atomic E-state index is 0.431. The fraction of sp³-hybridized carbons (Fsp3) is 1.00. The second-order valence-electron chi connectivity index (χ2n) is 7.51. The van der Waals surface area contributed by atoms with Gasteiger partial charge in [-0.05, 0) is 57.8 Å². The van der Waals surface area contributed by atoms with Crippen LogP contribution in [0.2, 0.25) is 0 Å². The average molecular weight is 281 g/mol. The Hall–Kier alpha value is -0.120. The first-order valence-electron chi connectivity index (χ1n) is 8.70. The summed E-state index contributed by atoms with van der Waals surface area (Å²) < 4.78 is 0. The van der Waals surface area contributed by atoms with Gasteiger partial charge in [0.1, 0.15) is 0 Å². The van der Waals surface area contributed by atoms with Crippen molar-refractivity contribution < 1.29 is 0 Å². The molecular weight excluding hydrogens is 246 g/mol. The lowest BCUT2D eigenvalue weighted by Gasteiger charge is -2.48. The molecule has 118 valence electrons. The maximum Gasteiger partial charge on any atom is 0.0274 e. The van der Waals surface area contributed by atoms with Crippen LogP contribution in [-0.2, 0) is 0 Å². The van der Waals surface area contributed by atoms with Crippen LogP contribution in [0.5, 0.6) is 0 Å². The van der Waals surface area contributed by atoms with Crippen LogP contribution >= 0.6 is 0 Å². The molecule has 1 saturated heterocycles. The summed E-state index contributed by atoms with van der Waals surface area (Å²) in [6.07, 6.45) is 6.91. The highest BCUT2D eigenvalue weighted by Crippen LogP contribution is 2.37. The molecule has 0 aromatic heterocycles. The predicted molar refractivity (Wildman–Crippen MR) is 87.2 cm³/mol. The topological polar surface area (TPSA) is 18.5 Å². The molecule has 0 aromatic rings. The van der Waals surface area contributed by atoms with Gasteiger partial charge < -0.3 is 15.1 Å². The lowest BCUT2D eigenvalue weighted by molar-refractivity contribution is 0.0593. The van der Waals surface area contributed by atoms with Crippen molar-refractivity contribution in [2.24, 2.45) is 5.41 Å². The van der Waals surface area contributed by atoms with E-state index in [1.54, 1.807) is 0 Å². The van der Waals surface area contributed by atoms with Crippen LogP contribution in [0, 0.1) is 5.41 Å². The van der Waals surface area contributed by atoms with Gasteiger partial charge in [-0.25, -0.2) is 0 Å². The summed E-state index contributed by atoms with van der Waals surface area (Å²) in [6.45, 7) is 13.3. The zero-order valence-electron chi connectivity index (χ0n) is 14.1. The molecule has 1 saturated carbocycles. The standard InChI is InChI=1S/C17H35N3/c1-5-18-16-15(9-8-10-17(16,2)3)19(4)13-14-20-11-6-7-12-20/h15-16,18H,5-14H2,1-4H3. The third-order valence-corrected chi connectivity index (χ3v) is 5.51. The lowest BCUT2D eigenvalue weighted by Crippen LogP contribution is -2.58. The molecule has 2 fully saturated rings. The molecule has 1 heterocycles. The molecule has 1 aliphatic carbocycles. The molecule has 0 radical (unpaired) electrons. The van der Waals surface area contributed by atoms with Crippen LogP contribution in [0.3, 0.4) is 0 Å². The Morgan fingerprint density at radius 3 is 2.55 bits per heavy atom. The molecule has 0 aromatic carbocycles. The van der Waals surface area contributed by atoms with Crippen molar-refractivity contribution in [3.63, 3.8) is 0 Å². The van der Waals surface area contributed by atoms with Gasteiger partial charge in [0, 0.05) is 25.2 Å². The van der Waals surface area contributed by atoms with Crippen molar-refractivity contribution in [2.45, 2.75) is 65.0 Å². The molecule has 1 N–H and O–H groups in total. The Balaban J connectivity index is 1.89. The Morgan fingerprint density at radius 2 is 1.90 bits per heavy atom. The van der Waals surface area contributed by atoms with Crippen molar-refractivity contribution in [2.75, 3.05) is 39.8 Å². The van der Waals surface area contributed by atoms with Crippen LogP contribution in [-0.4, -0.2) is 61.7 Å². The predicted octanol–water partition coefficient (Wildman–Crippen LogP) is 2.57. The third kappa shape index (κ3) is 3.96. The minimum atomic E-state index is 0.431. The van der Waals surface area contributed by atoms with Gasteiger partial charge in [-0.2, -0.15) is 0 Å². The maximum absolute atomic E-state index is 3.78. The van der Waals surface area contributed by atoms with Crippen molar-refractivity contribution >= 4 is 0 Å². The SMILES string of the molecule is CCNC1C(N(C)CCN2CCCC2)CCCC1(C)C. The van der Waals surface area contributed by atoms with Crippen LogP contribution in [0.15, 0.2) is 0 Å². The fourth-order valence-electron chi connectivity index (χ4n) is 4.19. The van der Waals surface area contributed by atoms with Crippen LogP contribution < -0.4 is 5.32 Å². The monoisotopic (exact) mass is 281 g/mol. The van der Waals surface area contributed by atoms with Gasteiger partial charge in [0.2, 0.25) is 0 Å². The highest BCUT2D eigenvalue weighted by molar-refractivity contribution is 4.97. The molecule has 0 spiro atoms. The third-order valence-electron chi connectivity index (χ3n) is 5.51. The molecular formula is C17H35N3. The average Bonchev–Trinajstić information content (AvgIpc) is 2.91. The van der Waals surface area contributed by atoms with E-state index < -0.39 is 0 Å². The molecule has 3 nitrogen and oxygen atoms in total. The largest absolute Gasteiger partial charge is 0.312 e. The van der Waals surface area contributed by atoms with E-state index >= 15 is 0 Å². The van der Waals surface area contributed by atoms with E-state index in [0.29, 0.717) is 17.5 Å². The van der Waals surface area contributed by atoms with Gasteiger partial charge in [-0.3, -0.25) is 0 Å². The number of likely N-dealkylation sites (N-methyl/N-ethyl adjacent to an activating group) is 2. The quantitative estimate of drug-likeness (QED) is 0.807. The van der Waals surface area contributed by atoms with Crippen molar-refractivity contribution in [1.82, 2.24) is 15.1 Å². The smallest absolute Gasteiger partial charge is 0.0274 e.